The van der Waals surface area contributed by atoms with Crippen molar-refractivity contribution in [2.45, 2.75) is 38.5 Å². The standard InChI is InChI=1S/C11H17BrN2OS/c1-8(14-16(15)11(2,3)4)9-5-10(12)7-13-6-9/h5-8,14H,1-4H3/t8-,16+/m0/s1. The van der Waals surface area contributed by atoms with Gasteiger partial charge >= 0.3 is 0 Å². The molecule has 0 saturated carbocycles. The van der Waals surface area contributed by atoms with E-state index in [1.807, 2.05) is 33.8 Å². The van der Waals surface area contributed by atoms with Gasteiger partial charge in [0, 0.05) is 28.2 Å². The van der Waals surface area contributed by atoms with Gasteiger partial charge < -0.3 is 4.55 Å². The molecule has 5 heteroatoms. The molecule has 1 heterocycles. The molecule has 0 radical (unpaired) electrons. The number of pyridine rings is 1. The van der Waals surface area contributed by atoms with Gasteiger partial charge in [-0.1, -0.05) is 0 Å². The summed E-state index contributed by atoms with van der Waals surface area (Å²) in [6, 6.07) is 2.00. The van der Waals surface area contributed by atoms with Gasteiger partial charge in [-0.15, -0.1) is 4.72 Å². The molecule has 0 saturated heterocycles. The van der Waals surface area contributed by atoms with Crippen molar-refractivity contribution in [3.8, 4) is 0 Å². The van der Waals surface area contributed by atoms with Crippen LogP contribution in [0.25, 0.3) is 0 Å². The van der Waals surface area contributed by atoms with Gasteiger partial charge in [0.25, 0.3) is 0 Å². The van der Waals surface area contributed by atoms with E-state index in [0.29, 0.717) is 0 Å². The molecule has 0 fully saturated rings. The molecule has 3 nitrogen and oxygen atoms in total. The van der Waals surface area contributed by atoms with Crippen LogP contribution in [-0.4, -0.2) is 14.3 Å². The Labute approximate surface area is 108 Å². The van der Waals surface area contributed by atoms with Gasteiger partial charge in [-0.2, -0.15) is 0 Å². The molecule has 0 aliphatic carbocycles. The molecule has 1 aromatic rings. The van der Waals surface area contributed by atoms with E-state index in [1.54, 1.807) is 12.4 Å². The van der Waals surface area contributed by atoms with Gasteiger partial charge in [-0.05, 0) is 55.3 Å². The molecule has 0 unspecified atom stereocenters. The molecule has 0 aromatic carbocycles. The molecular formula is C11H17BrN2OS. The van der Waals surface area contributed by atoms with Crippen LogP contribution in [0.1, 0.15) is 39.3 Å². The molecule has 0 aliphatic heterocycles. The number of nitrogens with one attached hydrogen (secondary N) is 1. The Bertz CT molecular complexity index is 354. The van der Waals surface area contributed by atoms with Crippen molar-refractivity contribution >= 4 is 27.3 Å². The summed E-state index contributed by atoms with van der Waals surface area (Å²) in [7, 11) is 0. The van der Waals surface area contributed by atoms with Gasteiger partial charge in [0.15, 0.2) is 0 Å². The Kier molecular flexibility index (Phi) is 4.79. The third-order valence-electron chi connectivity index (χ3n) is 2.07. The molecule has 0 amide bonds. The maximum Gasteiger partial charge on any atom is 0.136 e. The van der Waals surface area contributed by atoms with E-state index >= 15 is 0 Å². The second-order valence-electron chi connectivity index (χ2n) is 4.66. The Morgan fingerprint density at radius 3 is 2.56 bits per heavy atom. The number of hydrogen-bond donors (Lipinski definition) is 1. The highest BCUT2D eigenvalue weighted by Crippen LogP contribution is 2.20. The van der Waals surface area contributed by atoms with E-state index < -0.39 is 11.4 Å². The SMILES string of the molecule is C[C@H](N[S@+]([O-])C(C)(C)C)c1cncc(Br)c1. The summed E-state index contributed by atoms with van der Waals surface area (Å²) >= 11 is 2.30. The zero-order chi connectivity index (χ0) is 12.3. The first kappa shape index (κ1) is 14.0. The number of nitrogens with zero attached hydrogens (tertiary/aromatic N) is 1. The topological polar surface area (TPSA) is 48.0 Å². The highest BCUT2D eigenvalue weighted by molar-refractivity contribution is 9.10. The van der Waals surface area contributed by atoms with Gasteiger partial charge in [0.2, 0.25) is 0 Å². The minimum atomic E-state index is -1.07. The molecular weight excluding hydrogens is 288 g/mol. The molecule has 2 atom stereocenters. The minimum absolute atomic E-state index is 0.0186. The highest BCUT2D eigenvalue weighted by Gasteiger charge is 2.28. The van der Waals surface area contributed by atoms with Gasteiger partial charge in [-0.3, -0.25) is 4.98 Å². The first-order valence-electron chi connectivity index (χ1n) is 5.09. The lowest BCUT2D eigenvalue weighted by Gasteiger charge is -2.26. The van der Waals surface area contributed by atoms with Gasteiger partial charge in [0.1, 0.15) is 4.75 Å². The fraction of sp³-hybridized carbons (Fsp3) is 0.545. The van der Waals surface area contributed by atoms with E-state index in [0.717, 1.165) is 10.0 Å². The largest absolute Gasteiger partial charge is 0.598 e. The average Bonchev–Trinajstić information content (AvgIpc) is 2.16. The van der Waals surface area contributed by atoms with Crippen LogP contribution >= 0.6 is 15.9 Å². The van der Waals surface area contributed by atoms with Crippen molar-refractivity contribution in [3.05, 3.63) is 28.5 Å². The Hall–Kier alpha value is -0.100. The predicted octanol–water partition coefficient (Wildman–Crippen LogP) is 2.96. The second-order valence-corrected chi connectivity index (χ2v) is 7.57. The molecule has 0 aliphatic rings. The van der Waals surface area contributed by atoms with Crippen LogP contribution in [0.4, 0.5) is 0 Å². The summed E-state index contributed by atoms with van der Waals surface area (Å²) in [4.78, 5) is 4.09. The van der Waals surface area contributed by atoms with Crippen LogP contribution in [0.2, 0.25) is 0 Å². The fourth-order valence-electron chi connectivity index (χ4n) is 1.07. The second kappa shape index (κ2) is 5.49. The zero-order valence-corrected chi connectivity index (χ0v) is 12.4. The Morgan fingerprint density at radius 1 is 1.44 bits per heavy atom. The molecule has 0 bridgehead atoms. The van der Waals surface area contributed by atoms with Crippen molar-refractivity contribution in [1.29, 1.82) is 0 Å². The van der Waals surface area contributed by atoms with E-state index in [1.165, 1.54) is 0 Å². The maximum absolute atomic E-state index is 11.9. The normalized spacial score (nSPS) is 15.9. The summed E-state index contributed by atoms with van der Waals surface area (Å²) in [6.45, 7) is 7.82. The van der Waals surface area contributed by atoms with Crippen molar-refractivity contribution in [3.63, 3.8) is 0 Å². The van der Waals surface area contributed by atoms with Gasteiger partial charge in [0.05, 0.1) is 6.04 Å². The van der Waals surface area contributed by atoms with Crippen LogP contribution in [-0.2, 0) is 11.4 Å². The third kappa shape index (κ3) is 4.05. The van der Waals surface area contributed by atoms with E-state index in [9.17, 15) is 4.55 Å². The van der Waals surface area contributed by atoms with Crippen molar-refractivity contribution < 1.29 is 4.55 Å². The summed E-state index contributed by atoms with van der Waals surface area (Å²) < 4.78 is 15.7. The van der Waals surface area contributed by atoms with E-state index in [-0.39, 0.29) is 10.8 Å². The summed E-state index contributed by atoms with van der Waals surface area (Å²) in [6.07, 6.45) is 3.51. The van der Waals surface area contributed by atoms with E-state index in [2.05, 4.69) is 25.6 Å². The molecule has 0 spiro atoms. The lowest BCUT2D eigenvalue weighted by molar-refractivity contribution is 0.531. The zero-order valence-electron chi connectivity index (χ0n) is 9.95. The number of hydrogen-bond acceptors (Lipinski definition) is 3. The quantitative estimate of drug-likeness (QED) is 0.873. The Balaban J connectivity index is 2.69. The lowest BCUT2D eigenvalue weighted by atomic mass is 10.2. The van der Waals surface area contributed by atoms with Crippen molar-refractivity contribution in [2.24, 2.45) is 0 Å². The molecule has 90 valence electrons. The number of halogens is 1. The van der Waals surface area contributed by atoms with Crippen LogP contribution < -0.4 is 4.72 Å². The molecule has 1 aromatic heterocycles. The monoisotopic (exact) mass is 304 g/mol. The predicted molar refractivity (Wildman–Crippen MR) is 71.4 cm³/mol. The van der Waals surface area contributed by atoms with Crippen LogP contribution in [0.3, 0.4) is 0 Å². The average molecular weight is 305 g/mol. The Morgan fingerprint density at radius 2 is 2.06 bits per heavy atom. The van der Waals surface area contributed by atoms with Crippen LogP contribution in [0.5, 0.6) is 0 Å². The lowest BCUT2D eigenvalue weighted by Crippen LogP contribution is -2.40. The molecule has 1 rings (SSSR count). The van der Waals surface area contributed by atoms with Crippen molar-refractivity contribution in [2.75, 3.05) is 0 Å². The fourth-order valence-corrected chi connectivity index (χ4v) is 2.26. The number of rotatable bonds is 3. The van der Waals surface area contributed by atoms with Crippen LogP contribution in [0.15, 0.2) is 22.9 Å². The van der Waals surface area contributed by atoms with Crippen LogP contribution in [0, 0.1) is 0 Å². The highest BCUT2D eigenvalue weighted by atomic mass is 79.9. The molecule has 1 N–H and O–H groups in total. The summed E-state index contributed by atoms with van der Waals surface area (Å²) in [5, 5.41) is 0. The number of aromatic nitrogens is 1. The van der Waals surface area contributed by atoms with E-state index in [4.69, 9.17) is 0 Å². The summed E-state index contributed by atoms with van der Waals surface area (Å²) in [5.41, 5.74) is 1.02. The first-order chi connectivity index (χ1) is 7.30. The summed E-state index contributed by atoms with van der Waals surface area (Å²) in [5.74, 6) is 0. The third-order valence-corrected chi connectivity index (χ3v) is 4.18. The maximum atomic E-state index is 11.9. The first-order valence-corrected chi connectivity index (χ1v) is 7.03. The minimum Gasteiger partial charge on any atom is -0.598 e. The van der Waals surface area contributed by atoms with Crippen molar-refractivity contribution in [1.82, 2.24) is 9.71 Å². The van der Waals surface area contributed by atoms with Gasteiger partial charge in [-0.25, -0.2) is 0 Å². The smallest absolute Gasteiger partial charge is 0.136 e. The molecule has 16 heavy (non-hydrogen) atoms.